The Bertz CT molecular complexity index is 1080. The van der Waals surface area contributed by atoms with Crippen molar-refractivity contribution >= 4 is 28.8 Å². The molecule has 5 rings (SSSR count). The number of aromatic nitrogens is 3. The third-order valence-corrected chi connectivity index (χ3v) is 6.56. The molecule has 30 heavy (non-hydrogen) atoms. The maximum atomic E-state index is 12.8. The molecule has 1 aromatic carbocycles. The lowest BCUT2D eigenvalue weighted by Gasteiger charge is -2.25. The number of hydrogen-bond donors (Lipinski definition) is 1. The average molecular weight is 423 g/mol. The summed E-state index contributed by atoms with van der Waals surface area (Å²) in [7, 11) is 1.60. The summed E-state index contributed by atoms with van der Waals surface area (Å²) in [5, 5.41) is 15.1. The van der Waals surface area contributed by atoms with Gasteiger partial charge in [0.1, 0.15) is 11.6 Å². The van der Waals surface area contributed by atoms with Crippen molar-refractivity contribution in [1.82, 2.24) is 19.7 Å². The molecular formula is C21H21N5O3S. The van der Waals surface area contributed by atoms with Crippen LogP contribution in [-0.4, -0.2) is 51.7 Å². The second-order valence-corrected chi connectivity index (χ2v) is 8.46. The summed E-state index contributed by atoms with van der Waals surface area (Å²) in [4.78, 5) is 27.4. The highest BCUT2D eigenvalue weighted by molar-refractivity contribution is 7.08. The minimum atomic E-state index is -0.290. The zero-order valence-corrected chi connectivity index (χ0v) is 17.3. The zero-order chi connectivity index (χ0) is 20.7. The number of ether oxygens (including phenoxy) is 1. The van der Waals surface area contributed by atoms with Gasteiger partial charge in [0.2, 0.25) is 5.82 Å². The number of amides is 2. The van der Waals surface area contributed by atoms with Gasteiger partial charge in [-0.2, -0.15) is 11.3 Å². The molecule has 2 aliphatic rings. The topological polar surface area (TPSA) is 89.3 Å². The molecule has 0 unspecified atom stereocenters. The van der Waals surface area contributed by atoms with Gasteiger partial charge in [-0.3, -0.25) is 9.59 Å². The Hall–Kier alpha value is -3.20. The number of thiophene rings is 1. The summed E-state index contributed by atoms with van der Waals surface area (Å²) in [5.74, 6) is 2.27. The number of rotatable bonds is 4. The summed E-state index contributed by atoms with van der Waals surface area (Å²) in [6.07, 6.45) is 0.723. The van der Waals surface area contributed by atoms with Gasteiger partial charge in [-0.25, -0.2) is 0 Å². The Balaban J connectivity index is 1.29. The molecule has 0 radical (unpaired) electrons. The van der Waals surface area contributed by atoms with Gasteiger partial charge >= 0.3 is 0 Å². The molecular weight excluding hydrogens is 402 g/mol. The number of likely N-dealkylation sites (tertiary alicyclic amines) is 1. The lowest BCUT2D eigenvalue weighted by Crippen LogP contribution is -2.31. The Morgan fingerprint density at radius 2 is 1.90 bits per heavy atom. The SMILES string of the molecule is COc1ccc(NC(=O)c2nnc3n2C[C@@H]2CN(C(=O)c4ccsc4)C[C@@H]2C3)cc1. The van der Waals surface area contributed by atoms with E-state index >= 15 is 0 Å². The molecule has 1 saturated heterocycles. The average Bonchev–Trinajstić information content (AvgIpc) is 3.51. The van der Waals surface area contributed by atoms with Crippen molar-refractivity contribution in [2.24, 2.45) is 11.8 Å². The summed E-state index contributed by atoms with van der Waals surface area (Å²) < 4.78 is 7.04. The van der Waals surface area contributed by atoms with Crippen molar-refractivity contribution in [2.45, 2.75) is 13.0 Å². The van der Waals surface area contributed by atoms with E-state index in [1.807, 2.05) is 26.3 Å². The quantitative estimate of drug-likeness (QED) is 0.697. The van der Waals surface area contributed by atoms with Crippen LogP contribution in [0, 0.1) is 11.8 Å². The van der Waals surface area contributed by atoms with Crippen LogP contribution in [0.3, 0.4) is 0 Å². The van der Waals surface area contributed by atoms with Crippen molar-refractivity contribution in [1.29, 1.82) is 0 Å². The molecule has 2 aliphatic heterocycles. The lowest BCUT2D eigenvalue weighted by atomic mass is 9.89. The highest BCUT2D eigenvalue weighted by Crippen LogP contribution is 2.33. The highest BCUT2D eigenvalue weighted by Gasteiger charge is 2.40. The van der Waals surface area contributed by atoms with Gasteiger partial charge in [0.15, 0.2) is 0 Å². The van der Waals surface area contributed by atoms with Gasteiger partial charge in [-0.1, -0.05) is 0 Å². The molecule has 1 N–H and O–H groups in total. The molecule has 2 aromatic heterocycles. The van der Waals surface area contributed by atoms with Crippen molar-refractivity contribution in [3.8, 4) is 5.75 Å². The highest BCUT2D eigenvalue weighted by atomic mass is 32.1. The summed E-state index contributed by atoms with van der Waals surface area (Å²) in [6.45, 7) is 2.06. The predicted molar refractivity (Wildman–Crippen MR) is 112 cm³/mol. The van der Waals surface area contributed by atoms with E-state index in [0.29, 0.717) is 36.4 Å². The largest absolute Gasteiger partial charge is 0.497 e. The van der Waals surface area contributed by atoms with Crippen molar-refractivity contribution < 1.29 is 14.3 Å². The predicted octanol–water partition coefficient (Wildman–Crippen LogP) is 2.55. The van der Waals surface area contributed by atoms with Gasteiger partial charge in [0.25, 0.3) is 11.8 Å². The van der Waals surface area contributed by atoms with E-state index in [-0.39, 0.29) is 11.8 Å². The molecule has 2 amide bonds. The number of carbonyl (C=O) groups excluding carboxylic acids is 2. The molecule has 154 valence electrons. The first-order valence-electron chi connectivity index (χ1n) is 9.81. The Morgan fingerprint density at radius 1 is 1.10 bits per heavy atom. The molecule has 0 aliphatic carbocycles. The molecule has 3 aromatic rings. The van der Waals surface area contributed by atoms with Crippen LogP contribution in [-0.2, 0) is 13.0 Å². The Labute approximate surface area is 177 Å². The third kappa shape index (κ3) is 3.35. The smallest absolute Gasteiger partial charge is 0.293 e. The molecule has 9 heteroatoms. The van der Waals surface area contributed by atoms with E-state index in [4.69, 9.17) is 4.74 Å². The third-order valence-electron chi connectivity index (χ3n) is 5.87. The van der Waals surface area contributed by atoms with E-state index in [9.17, 15) is 9.59 Å². The maximum absolute atomic E-state index is 12.8. The maximum Gasteiger partial charge on any atom is 0.293 e. The number of methoxy groups -OCH3 is 1. The second kappa shape index (κ2) is 7.56. The van der Waals surface area contributed by atoms with E-state index in [1.165, 1.54) is 11.3 Å². The van der Waals surface area contributed by atoms with Gasteiger partial charge < -0.3 is 19.5 Å². The van der Waals surface area contributed by atoms with Crippen LogP contribution < -0.4 is 10.1 Å². The van der Waals surface area contributed by atoms with Crippen molar-refractivity contribution in [2.75, 3.05) is 25.5 Å². The lowest BCUT2D eigenvalue weighted by molar-refractivity contribution is 0.0783. The first-order valence-corrected chi connectivity index (χ1v) is 10.8. The number of hydrogen-bond acceptors (Lipinski definition) is 6. The standard InChI is InChI=1S/C21H21N5O3S/c1-29-17-4-2-16(3-5-17)22-20(27)19-24-23-18-8-14-9-25(10-15(14)11-26(18)19)21(28)13-6-7-30-12-13/h2-7,12,14-15H,8-11H2,1H3,(H,22,27)/t14-,15-/m0/s1. The molecule has 0 spiro atoms. The Morgan fingerprint density at radius 3 is 2.63 bits per heavy atom. The molecule has 8 nitrogen and oxygen atoms in total. The van der Waals surface area contributed by atoms with E-state index in [2.05, 4.69) is 15.5 Å². The second-order valence-electron chi connectivity index (χ2n) is 7.68. The molecule has 4 heterocycles. The summed E-state index contributed by atoms with van der Waals surface area (Å²) in [6, 6.07) is 9.01. The zero-order valence-electron chi connectivity index (χ0n) is 16.4. The number of benzene rings is 1. The number of nitrogens with zero attached hydrogens (tertiary/aromatic N) is 4. The fraction of sp³-hybridized carbons (Fsp3) is 0.333. The minimum absolute atomic E-state index is 0.0823. The van der Waals surface area contributed by atoms with Crippen molar-refractivity contribution in [3.63, 3.8) is 0 Å². The van der Waals surface area contributed by atoms with E-state index < -0.39 is 0 Å². The van der Waals surface area contributed by atoms with Crippen molar-refractivity contribution in [3.05, 3.63) is 58.3 Å². The van der Waals surface area contributed by atoms with Gasteiger partial charge in [0.05, 0.1) is 12.7 Å². The van der Waals surface area contributed by atoms with Gasteiger partial charge in [0, 0.05) is 37.1 Å². The molecule has 0 bridgehead atoms. The molecule has 2 atom stereocenters. The van der Waals surface area contributed by atoms with Crippen LogP contribution in [0.2, 0.25) is 0 Å². The van der Waals surface area contributed by atoms with Crippen LogP contribution in [0.25, 0.3) is 0 Å². The number of fused-ring (bicyclic) bond motifs is 2. The van der Waals surface area contributed by atoms with E-state index in [1.54, 1.807) is 31.4 Å². The first kappa shape index (κ1) is 18.8. The fourth-order valence-electron chi connectivity index (χ4n) is 4.29. The number of carbonyl (C=O) groups is 2. The fourth-order valence-corrected chi connectivity index (χ4v) is 4.92. The summed E-state index contributed by atoms with van der Waals surface area (Å²) >= 11 is 1.53. The first-order chi connectivity index (χ1) is 14.6. The van der Waals surface area contributed by atoms with Gasteiger partial charge in [-0.05, 0) is 47.5 Å². The minimum Gasteiger partial charge on any atom is -0.497 e. The van der Waals surface area contributed by atoms with Crippen LogP contribution in [0.15, 0.2) is 41.1 Å². The van der Waals surface area contributed by atoms with Crippen LogP contribution in [0.1, 0.15) is 26.8 Å². The number of nitrogens with one attached hydrogen (secondary N) is 1. The monoisotopic (exact) mass is 423 g/mol. The molecule has 1 fully saturated rings. The molecule has 0 saturated carbocycles. The van der Waals surface area contributed by atoms with E-state index in [0.717, 1.165) is 30.1 Å². The van der Waals surface area contributed by atoms with Gasteiger partial charge in [-0.15, -0.1) is 10.2 Å². The van der Waals surface area contributed by atoms with Crippen LogP contribution in [0.5, 0.6) is 5.75 Å². The normalized spacial score (nSPS) is 19.8. The van der Waals surface area contributed by atoms with Crippen LogP contribution in [0.4, 0.5) is 5.69 Å². The Kier molecular flexibility index (Phi) is 4.74. The van der Waals surface area contributed by atoms with Crippen LogP contribution >= 0.6 is 11.3 Å². The number of anilines is 1. The summed E-state index contributed by atoms with van der Waals surface area (Å²) in [5.41, 5.74) is 1.41.